The normalized spacial score (nSPS) is 73.9. The number of hydrogen-bond donors (Lipinski definition) is 0. The van der Waals surface area contributed by atoms with Gasteiger partial charge in [-0.05, 0) is 18.8 Å². The molecule has 2 atom stereocenters. The first kappa shape index (κ1) is 3.89. The van der Waals surface area contributed by atoms with E-state index in [0.29, 0.717) is 17.6 Å². The Bertz CT molecular complexity index is 120. The van der Waals surface area contributed by atoms with Crippen molar-refractivity contribution in [3.8, 4) is 0 Å². The summed E-state index contributed by atoms with van der Waals surface area (Å²) < 4.78 is 5.51. The van der Waals surface area contributed by atoms with E-state index in [2.05, 4.69) is 6.92 Å². The van der Waals surface area contributed by atoms with Crippen LogP contribution in [0.5, 0.6) is 0 Å². The Morgan fingerprint density at radius 2 is 2.00 bits per heavy atom. The van der Waals surface area contributed by atoms with Gasteiger partial charge in [0, 0.05) is 5.41 Å². The molecular formula is C7H10O. The van der Waals surface area contributed by atoms with Crippen molar-refractivity contribution in [3.63, 3.8) is 0 Å². The van der Waals surface area contributed by atoms with Crippen molar-refractivity contribution < 1.29 is 4.74 Å². The van der Waals surface area contributed by atoms with Gasteiger partial charge < -0.3 is 4.74 Å². The van der Waals surface area contributed by atoms with Gasteiger partial charge in [0.25, 0.3) is 0 Å². The molecule has 1 heteroatoms. The lowest BCUT2D eigenvalue weighted by Crippen LogP contribution is -2.78. The maximum Gasteiger partial charge on any atom is 0.0663 e. The first-order valence-corrected chi connectivity index (χ1v) is 3.47. The van der Waals surface area contributed by atoms with Crippen molar-refractivity contribution in [2.75, 3.05) is 0 Å². The highest BCUT2D eigenvalue weighted by Gasteiger charge is 2.73. The monoisotopic (exact) mass is 110 g/mol. The van der Waals surface area contributed by atoms with E-state index in [1.165, 1.54) is 12.8 Å². The fourth-order valence-electron chi connectivity index (χ4n) is 2.57. The molecule has 0 spiro atoms. The predicted molar refractivity (Wildman–Crippen MR) is 29.5 cm³/mol. The Balaban J connectivity index is 2.04. The standard InChI is InChI=1S/C7H10O/c1-7-4-2-5(7)8-6(7)3-4/h4-6H,2-3H2,1H3. The third-order valence-electron chi connectivity index (χ3n) is 3.59. The summed E-state index contributed by atoms with van der Waals surface area (Å²) in [6.45, 7) is 2.38. The van der Waals surface area contributed by atoms with E-state index in [1.807, 2.05) is 0 Å². The lowest BCUT2D eigenvalue weighted by Gasteiger charge is -2.75. The van der Waals surface area contributed by atoms with Gasteiger partial charge in [0.2, 0.25) is 0 Å². The number of rotatable bonds is 0. The van der Waals surface area contributed by atoms with E-state index in [0.717, 1.165) is 5.92 Å². The molecule has 0 aromatic heterocycles. The zero-order valence-corrected chi connectivity index (χ0v) is 5.05. The number of hydrogen-bond acceptors (Lipinski definition) is 1. The maximum absolute atomic E-state index is 5.51. The minimum absolute atomic E-state index is 0.686. The lowest BCUT2D eigenvalue weighted by molar-refractivity contribution is -0.399. The maximum atomic E-state index is 5.51. The molecule has 1 saturated heterocycles. The largest absolute Gasteiger partial charge is 0.374 e. The molecule has 0 N–H and O–H groups in total. The van der Waals surface area contributed by atoms with E-state index >= 15 is 0 Å². The van der Waals surface area contributed by atoms with Crippen LogP contribution in [-0.4, -0.2) is 12.2 Å². The van der Waals surface area contributed by atoms with Crippen molar-refractivity contribution in [2.45, 2.75) is 32.0 Å². The summed E-state index contributed by atoms with van der Waals surface area (Å²) in [5.41, 5.74) is 0.694. The second kappa shape index (κ2) is 0.766. The Morgan fingerprint density at radius 3 is 2.00 bits per heavy atom. The second-order valence-corrected chi connectivity index (χ2v) is 3.65. The van der Waals surface area contributed by atoms with E-state index in [4.69, 9.17) is 4.74 Å². The molecule has 3 aliphatic rings. The zero-order valence-electron chi connectivity index (χ0n) is 5.05. The highest BCUT2D eigenvalue weighted by atomic mass is 16.5. The van der Waals surface area contributed by atoms with Gasteiger partial charge in [-0.15, -0.1) is 0 Å². The summed E-state index contributed by atoms with van der Waals surface area (Å²) in [7, 11) is 0. The number of ether oxygens (including phenoxy) is 1. The Kier molecular flexibility index (Phi) is 0.372. The van der Waals surface area contributed by atoms with Crippen LogP contribution in [-0.2, 0) is 4.74 Å². The van der Waals surface area contributed by atoms with Crippen LogP contribution in [0.15, 0.2) is 0 Å². The van der Waals surface area contributed by atoms with Gasteiger partial charge in [-0.25, -0.2) is 0 Å². The summed E-state index contributed by atoms with van der Waals surface area (Å²) in [5, 5.41) is 0. The minimum atomic E-state index is 0.686. The zero-order chi connectivity index (χ0) is 5.35. The summed E-state index contributed by atoms with van der Waals surface area (Å²) in [5.74, 6) is 1.06. The van der Waals surface area contributed by atoms with Crippen molar-refractivity contribution in [3.05, 3.63) is 0 Å². The topological polar surface area (TPSA) is 9.23 Å². The molecule has 0 amide bonds. The molecule has 0 radical (unpaired) electrons. The molecule has 3 fully saturated rings. The van der Waals surface area contributed by atoms with Crippen molar-refractivity contribution >= 4 is 0 Å². The van der Waals surface area contributed by atoms with Crippen molar-refractivity contribution in [2.24, 2.45) is 11.3 Å². The Labute approximate surface area is 49.0 Å². The van der Waals surface area contributed by atoms with Gasteiger partial charge in [-0.2, -0.15) is 0 Å². The molecule has 8 heavy (non-hydrogen) atoms. The van der Waals surface area contributed by atoms with Crippen molar-refractivity contribution in [1.82, 2.24) is 0 Å². The third-order valence-corrected chi connectivity index (χ3v) is 3.59. The molecule has 0 aromatic rings. The van der Waals surface area contributed by atoms with E-state index < -0.39 is 0 Å². The summed E-state index contributed by atoms with van der Waals surface area (Å²) >= 11 is 0. The van der Waals surface area contributed by atoms with Crippen LogP contribution in [0, 0.1) is 11.3 Å². The van der Waals surface area contributed by atoms with Gasteiger partial charge in [0.05, 0.1) is 12.2 Å². The molecule has 44 valence electrons. The van der Waals surface area contributed by atoms with E-state index in [9.17, 15) is 0 Å². The molecule has 0 aromatic carbocycles. The lowest BCUT2D eigenvalue weighted by atomic mass is 9.41. The molecule has 0 bridgehead atoms. The smallest absolute Gasteiger partial charge is 0.0663 e. The van der Waals surface area contributed by atoms with Crippen LogP contribution in [0.2, 0.25) is 0 Å². The van der Waals surface area contributed by atoms with E-state index in [1.54, 1.807) is 0 Å². The molecule has 1 heterocycles. The van der Waals surface area contributed by atoms with Gasteiger partial charge in [0.15, 0.2) is 0 Å². The third kappa shape index (κ3) is 0.163. The van der Waals surface area contributed by atoms with Crippen LogP contribution in [0.25, 0.3) is 0 Å². The highest BCUT2D eigenvalue weighted by molar-refractivity contribution is 5.20. The first-order valence-electron chi connectivity index (χ1n) is 3.47. The average Bonchev–Trinajstić information content (AvgIpc) is 1.90. The Morgan fingerprint density at radius 1 is 1.38 bits per heavy atom. The van der Waals surface area contributed by atoms with Gasteiger partial charge in [-0.1, -0.05) is 6.92 Å². The molecular weight excluding hydrogens is 100 g/mol. The summed E-state index contributed by atoms with van der Waals surface area (Å²) in [6.07, 6.45) is 4.11. The fourth-order valence-corrected chi connectivity index (χ4v) is 2.57. The van der Waals surface area contributed by atoms with Crippen LogP contribution in [0.3, 0.4) is 0 Å². The van der Waals surface area contributed by atoms with Crippen LogP contribution >= 0.6 is 0 Å². The second-order valence-electron chi connectivity index (χ2n) is 3.65. The predicted octanol–water partition coefficient (Wildman–Crippen LogP) is 1.18. The molecule has 1 nitrogen and oxygen atoms in total. The average molecular weight is 110 g/mol. The van der Waals surface area contributed by atoms with Crippen molar-refractivity contribution in [1.29, 1.82) is 0 Å². The Hall–Kier alpha value is -0.0400. The summed E-state index contributed by atoms with van der Waals surface area (Å²) in [4.78, 5) is 0. The summed E-state index contributed by atoms with van der Waals surface area (Å²) in [6, 6.07) is 0. The van der Waals surface area contributed by atoms with E-state index in [-0.39, 0.29) is 0 Å². The van der Waals surface area contributed by atoms with Crippen LogP contribution < -0.4 is 0 Å². The first-order chi connectivity index (χ1) is 3.82. The molecule has 2 unspecified atom stereocenters. The molecule has 1 aliphatic heterocycles. The SMILES string of the molecule is CC12C3CC1OC2C3. The highest BCUT2D eigenvalue weighted by Crippen LogP contribution is 2.70. The van der Waals surface area contributed by atoms with Gasteiger partial charge >= 0.3 is 0 Å². The quantitative estimate of drug-likeness (QED) is 0.455. The minimum Gasteiger partial charge on any atom is -0.374 e. The molecule has 2 saturated carbocycles. The molecule has 2 aliphatic carbocycles. The molecule has 3 rings (SSSR count). The fraction of sp³-hybridized carbons (Fsp3) is 1.00. The van der Waals surface area contributed by atoms with Gasteiger partial charge in [0.1, 0.15) is 0 Å². The van der Waals surface area contributed by atoms with Crippen LogP contribution in [0.4, 0.5) is 0 Å². The van der Waals surface area contributed by atoms with Crippen LogP contribution in [0.1, 0.15) is 19.8 Å². The van der Waals surface area contributed by atoms with Gasteiger partial charge in [-0.3, -0.25) is 0 Å².